The number of fused-ring (bicyclic) bond motifs is 2. The molecule has 0 spiro atoms. The fourth-order valence-corrected chi connectivity index (χ4v) is 5.86. The van der Waals surface area contributed by atoms with Gasteiger partial charge in [0.15, 0.2) is 23.0 Å². The smallest absolute Gasteiger partial charge is 0.200 e. The predicted molar refractivity (Wildman–Crippen MR) is 158 cm³/mol. The molecule has 3 atom stereocenters. The van der Waals surface area contributed by atoms with Crippen LogP contribution in [0.3, 0.4) is 0 Å². The predicted octanol–water partition coefficient (Wildman–Crippen LogP) is 6.11. The first-order valence-electron chi connectivity index (χ1n) is 13.9. The highest BCUT2D eigenvalue weighted by Crippen LogP contribution is 2.55. The number of Topliss-reactive ketones (excluding diaryl/α,β-unsaturated/α-hetero) is 1. The molecule has 4 aromatic carbocycles. The fourth-order valence-electron chi connectivity index (χ4n) is 5.86. The second-order valence-corrected chi connectivity index (χ2v) is 11.3. The Morgan fingerprint density at radius 3 is 2.11 bits per heavy atom. The third-order valence-corrected chi connectivity index (χ3v) is 8.03. The molecule has 2 heterocycles. The van der Waals surface area contributed by atoms with E-state index in [4.69, 9.17) is 9.47 Å². The molecule has 2 aliphatic rings. The maximum atomic E-state index is 13.4. The topological polar surface area (TPSA) is 177 Å². The first-order chi connectivity index (χ1) is 20.9. The summed E-state index contributed by atoms with van der Waals surface area (Å²) in [6, 6.07) is 13.0. The Hall–Kier alpha value is -5.51. The number of phenolic OH excluding ortho intramolecular Hbond substituents is 7. The Morgan fingerprint density at radius 2 is 1.45 bits per heavy atom. The molecule has 10 heteroatoms. The van der Waals surface area contributed by atoms with Crippen molar-refractivity contribution in [1.29, 1.82) is 0 Å². The van der Waals surface area contributed by atoms with Gasteiger partial charge in [-0.1, -0.05) is 23.8 Å². The Kier molecular flexibility index (Phi) is 6.92. The maximum absolute atomic E-state index is 13.4. The van der Waals surface area contributed by atoms with Crippen LogP contribution in [0.4, 0.5) is 0 Å². The van der Waals surface area contributed by atoms with Crippen LogP contribution in [-0.2, 0) is 6.42 Å². The van der Waals surface area contributed by atoms with E-state index in [1.807, 2.05) is 19.9 Å². The van der Waals surface area contributed by atoms with E-state index in [0.717, 1.165) is 11.6 Å². The summed E-state index contributed by atoms with van der Waals surface area (Å²) in [6.07, 6.45) is 0.146. The Bertz CT molecular complexity index is 1810. The quantitative estimate of drug-likeness (QED) is 0.105. The molecule has 4 aromatic rings. The lowest BCUT2D eigenvalue weighted by Crippen LogP contribution is -2.22. The minimum atomic E-state index is -0.998. The van der Waals surface area contributed by atoms with E-state index in [9.17, 15) is 40.5 Å². The van der Waals surface area contributed by atoms with Gasteiger partial charge in [-0.3, -0.25) is 4.79 Å². The van der Waals surface area contributed by atoms with Gasteiger partial charge in [-0.2, -0.15) is 0 Å². The average molecular weight is 599 g/mol. The zero-order valence-electron chi connectivity index (χ0n) is 23.8. The normalized spacial score (nSPS) is 18.6. The van der Waals surface area contributed by atoms with Crippen LogP contribution in [-0.4, -0.2) is 41.5 Å². The first-order valence-corrected chi connectivity index (χ1v) is 13.9. The molecule has 44 heavy (non-hydrogen) atoms. The van der Waals surface area contributed by atoms with Crippen LogP contribution in [0, 0.1) is 0 Å². The maximum Gasteiger partial charge on any atom is 0.200 e. The lowest BCUT2D eigenvalue weighted by atomic mass is 9.83. The van der Waals surface area contributed by atoms with Crippen LogP contribution in [0.15, 0.2) is 66.2 Å². The summed E-state index contributed by atoms with van der Waals surface area (Å²) < 4.78 is 12.5. The summed E-state index contributed by atoms with van der Waals surface area (Å²) in [4.78, 5) is 13.4. The molecule has 0 saturated carbocycles. The van der Waals surface area contributed by atoms with Crippen molar-refractivity contribution in [2.75, 3.05) is 0 Å². The van der Waals surface area contributed by atoms with Crippen molar-refractivity contribution in [1.82, 2.24) is 0 Å². The van der Waals surface area contributed by atoms with Crippen LogP contribution >= 0.6 is 0 Å². The second kappa shape index (κ2) is 10.6. The molecule has 2 aliphatic heterocycles. The summed E-state index contributed by atoms with van der Waals surface area (Å²) in [5.41, 5.74) is 3.06. The molecule has 0 unspecified atom stereocenters. The largest absolute Gasteiger partial charge is 0.508 e. The molecular formula is C34H30O10. The highest BCUT2D eigenvalue weighted by Gasteiger charge is 2.41. The van der Waals surface area contributed by atoms with Crippen LogP contribution < -0.4 is 9.47 Å². The third kappa shape index (κ3) is 4.84. The Balaban J connectivity index is 1.47. The summed E-state index contributed by atoms with van der Waals surface area (Å²) in [5, 5.41) is 72.8. The summed E-state index contributed by atoms with van der Waals surface area (Å²) >= 11 is 0. The lowest BCUT2D eigenvalue weighted by Gasteiger charge is -2.29. The molecular weight excluding hydrogens is 568 g/mol. The van der Waals surface area contributed by atoms with Gasteiger partial charge in [-0.05, 0) is 61.7 Å². The van der Waals surface area contributed by atoms with Crippen molar-refractivity contribution in [3.8, 4) is 51.7 Å². The SMILES string of the molecule is CC(C)=CCc1c(O)cc(O)c2c1O[C@H](c1cc3c(cc1O)O[C@@H](c1ccc(O)cc1)[C@@H]3c1cc(O)c(O)c(O)c1)CC2=O. The lowest BCUT2D eigenvalue weighted by molar-refractivity contribution is 0.0839. The molecule has 0 bridgehead atoms. The van der Waals surface area contributed by atoms with Gasteiger partial charge in [0.2, 0.25) is 0 Å². The van der Waals surface area contributed by atoms with Gasteiger partial charge in [0.25, 0.3) is 0 Å². The summed E-state index contributed by atoms with van der Waals surface area (Å²) in [5.74, 6) is -3.37. The van der Waals surface area contributed by atoms with E-state index in [2.05, 4.69) is 0 Å². The average Bonchev–Trinajstić information content (AvgIpc) is 3.32. The van der Waals surface area contributed by atoms with Crippen LogP contribution in [0.25, 0.3) is 0 Å². The van der Waals surface area contributed by atoms with E-state index in [1.165, 1.54) is 30.3 Å². The number of aromatic hydroxyl groups is 7. The van der Waals surface area contributed by atoms with Crippen molar-refractivity contribution in [3.63, 3.8) is 0 Å². The molecule has 0 aromatic heterocycles. The fraction of sp³-hybridized carbons (Fsp3) is 0.206. The highest BCUT2D eigenvalue weighted by molar-refractivity contribution is 6.03. The van der Waals surface area contributed by atoms with Crippen LogP contribution in [0.2, 0.25) is 0 Å². The number of ether oxygens (including phenoxy) is 2. The monoisotopic (exact) mass is 598 g/mol. The van der Waals surface area contributed by atoms with Crippen molar-refractivity contribution >= 4 is 5.78 Å². The van der Waals surface area contributed by atoms with Crippen LogP contribution in [0.1, 0.15) is 76.6 Å². The van der Waals surface area contributed by atoms with Gasteiger partial charge in [0, 0.05) is 28.8 Å². The van der Waals surface area contributed by atoms with Gasteiger partial charge in [0.1, 0.15) is 52.3 Å². The molecule has 0 saturated heterocycles. The molecule has 0 aliphatic carbocycles. The molecule has 0 fully saturated rings. The van der Waals surface area contributed by atoms with Gasteiger partial charge < -0.3 is 45.2 Å². The van der Waals surface area contributed by atoms with E-state index in [0.29, 0.717) is 28.0 Å². The first kappa shape index (κ1) is 28.6. The Labute approximate surface area is 251 Å². The second-order valence-electron chi connectivity index (χ2n) is 11.3. The summed E-state index contributed by atoms with van der Waals surface area (Å²) in [6.45, 7) is 3.78. The van der Waals surface area contributed by atoms with Crippen molar-refractivity contribution < 1.29 is 50.0 Å². The molecule has 0 amide bonds. The van der Waals surface area contributed by atoms with Gasteiger partial charge in [0.05, 0.1) is 12.3 Å². The van der Waals surface area contributed by atoms with E-state index in [-0.39, 0.29) is 47.0 Å². The van der Waals surface area contributed by atoms with Crippen molar-refractivity contribution in [3.05, 3.63) is 99.6 Å². The number of ketones is 1. The van der Waals surface area contributed by atoms with Crippen LogP contribution in [0.5, 0.6) is 51.7 Å². The number of hydrogen-bond acceptors (Lipinski definition) is 10. The zero-order chi connectivity index (χ0) is 31.4. The van der Waals surface area contributed by atoms with E-state index in [1.54, 1.807) is 18.2 Å². The number of carbonyl (C=O) groups excluding carboxylic acids is 1. The molecule has 7 N–H and O–H groups in total. The highest BCUT2D eigenvalue weighted by atomic mass is 16.5. The molecule has 10 nitrogen and oxygen atoms in total. The Morgan fingerprint density at radius 1 is 0.773 bits per heavy atom. The number of allylic oxidation sites excluding steroid dienone is 2. The number of benzene rings is 4. The van der Waals surface area contributed by atoms with Gasteiger partial charge in [-0.25, -0.2) is 0 Å². The minimum absolute atomic E-state index is 0.0318. The number of rotatable bonds is 5. The zero-order valence-corrected chi connectivity index (χ0v) is 23.8. The molecule has 6 rings (SSSR count). The van der Waals surface area contributed by atoms with Crippen molar-refractivity contribution in [2.45, 2.75) is 44.8 Å². The third-order valence-electron chi connectivity index (χ3n) is 8.03. The number of phenols is 7. The molecule has 226 valence electrons. The van der Waals surface area contributed by atoms with Crippen molar-refractivity contribution in [2.24, 2.45) is 0 Å². The minimum Gasteiger partial charge on any atom is -0.508 e. The number of hydrogen-bond donors (Lipinski definition) is 7. The number of carbonyl (C=O) groups is 1. The van der Waals surface area contributed by atoms with E-state index >= 15 is 0 Å². The molecule has 0 radical (unpaired) electrons. The van der Waals surface area contributed by atoms with E-state index < -0.39 is 46.9 Å². The van der Waals surface area contributed by atoms with Gasteiger partial charge >= 0.3 is 0 Å². The summed E-state index contributed by atoms with van der Waals surface area (Å²) in [7, 11) is 0. The van der Waals surface area contributed by atoms with Gasteiger partial charge in [-0.15, -0.1) is 0 Å². The standard InChI is InChI=1S/C34H30O10/c1-15(2)3-8-19-22(36)12-24(38)31-25(39)14-28(44-34(19)31)20-11-21-29(13-23(20)37)43-33(16-4-6-18(35)7-5-16)30(21)17-9-26(40)32(42)27(41)10-17/h3-7,9-13,28,30,33,35-38,40-42H,8,14H2,1-2H3/t28-,30+,33-/m0/s1.